The maximum Gasteiger partial charge on any atom is 0.240 e. The van der Waals surface area contributed by atoms with Gasteiger partial charge in [0.05, 0.1) is 17.4 Å². The van der Waals surface area contributed by atoms with Crippen LogP contribution in [-0.4, -0.2) is 28.5 Å². The monoisotopic (exact) mass is 482 g/mol. The summed E-state index contributed by atoms with van der Waals surface area (Å²) in [7, 11) is -0.460. The van der Waals surface area contributed by atoms with Gasteiger partial charge in [-0.15, -0.1) is 0 Å². The third-order valence-electron chi connectivity index (χ3n) is 6.67. The van der Waals surface area contributed by atoms with Gasteiger partial charge in [-0.25, -0.2) is 13.1 Å². The summed E-state index contributed by atoms with van der Waals surface area (Å²) in [5.41, 5.74) is 2.93. The summed E-state index contributed by atoms with van der Waals surface area (Å²) in [6, 6.07) is 22.2. The van der Waals surface area contributed by atoms with E-state index >= 15 is 0 Å². The average molecular weight is 483 g/mol. The van der Waals surface area contributed by atoms with Gasteiger partial charge in [-0.1, -0.05) is 55.7 Å². The molecule has 0 heterocycles. The molecule has 0 aromatic heterocycles. The highest BCUT2D eigenvalue weighted by Gasteiger charge is 2.41. The number of amides is 1. The van der Waals surface area contributed by atoms with Crippen LogP contribution in [0.25, 0.3) is 11.1 Å². The Morgan fingerprint density at radius 1 is 0.912 bits per heavy atom. The molecule has 0 saturated heterocycles. The molecule has 2 N–H and O–H groups in total. The Balaban J connectivity index is 0.00000228. The number of ether oxygens (including phenoxy) is 1. The molecule has 0 spiro atoms. The molecule has 6 nitrogen and oxygen atoms in total. The highest BCUT2D eigenvalue weighted by atomic mass is 32.2. The van der Waals surface area contributed by atoms with Gasteiger partial charge in [-0.05, 0) is 73.0 Å². The van der Waals surface area contributed by atoms with E-state index in [1.165, 1.54) is 7.05 Å². The topological polar surface area (TPSA) is 84.5 Å². The quantitative estimate of drug-likeness (QED) is 0.459. The normalized spacial score (nSPS) is 15.5. The van der Waals surface area contributed by atoms with Gasteiger partial charge in [0.2, 0.25) is 15.9 Å². The van der Waals surface area contributed by atoms with E-state index in [2.05, 4.69) is 10.0 Å². The molecule has 1 amide bonds. The number of rotatable bonds is 7. The van der Waals surface area contributed by atoms with Crippen LogP contribution < -0.4 is 14.8 Å². The zero-order chi connectivity index (χ0) is 24.2. The first-order chi connectivity index (χ1) is 16.4. The average Bonchev–Trinajstić information content (AvgIpc) is 2.89. The molecule has 3 aromatic carbocycles. The van der Waals surface area contributed by atoms with E-state index < -0.39 is 15.4 Å². The van der Waals surface area contributed by atoms with Crippen molar-refractivity contribution in [2.45, 2.75) is 42.4 Å². The van der Waals surface area contributed by atoms with E-state index in [0.717, 1.165) is 54.5 Å². The van der Waals surface area contributed by atoms with Crippen molar-refractivity contribution in [3.63, 3.8) is 0 Å². The molecule has 1 fully saturated rings. The van der Waals surface area contributed by atoms with Gasteiger partial charge in [0, 0.05) is 8.54 Å². The number of sulfonamides is 1. The zero-order valence-corrected chi connectivity index (χ0v) is 20.3. The van der Waals surface area contributed by atoms with E-state index in [1.807, 2.05) is 48.5 Å². The lowest BCUT2D eigenvalue weighted by molar-refractivity contribution is -0.122. The molecule has 1 saturated carbocycles. The fourth-order valence-corrected chi connectivity index (χ4v) is 5.41. The first-order valence-electron chi connectivity index (χ1n) is 11.5. The van der Waals surface area contributed by atoms with Crippen molar-refractivity contribution < 1.29 is 20.8 Å². The van der Waals surface area contributed by atoms with E-state index in [4.69, 9.17) is 4.74 Å². The fraction of sp³-hybridized carbons (Fsp3) is 0.296. The molecule has 0 unspecified atom stereocenters. The summed E-state index contributed by atoms with van der Waals surface area (Å²) in [5, 5.41) is 3.16. The standard InChI is InChI=1S/C27H30N2O4S.2H2/c1-28-34(31,32)25-15-9-20(10-16-25)21-7-6-8-23(19-21)29-26(30)27(17-4-3-5-18-27)22-11-13-24(33-2)14-12-22;;/h6-16,19,28H,3-5,17-18H2,1-2H3,(H,29,30);2*1H. The molecule has 0 aliphatic heterocycles. The van der Waals surface area contributed by atoms with Crippen molar-refractivity contribution in [1.82, 2.24) is 4.72 Å². The highest BCUT2D eigenvalue weighted by Crippen LogP contribution is 2.41. The molecule has 4 rings (SSSR count). The van der Waals surface area contributed by atoms with Crippen LogP contribution >= 0.6 is 0 Å². The van der Waals surface area contributed by atoms with Crippen LogP contribution in [0.4, 0.5) is 5.69 Å². The molecule has 182 valence electrons. The Hall–Kier alpha value is -3.16. The Morgan fingerprint density at radius 2 is 1.59 bits per heavy atom. The van der Waals surface area contributed by atoms with Gasteiger partial charge >= 0.3 is 0 Å². The Bertz CT molecular complexity index is 1260. The van der Waals surface area contributed by atoms with Crippen LogP contribution in [-0.2, 0) is 20.2 Å². The van der Waals surface area contributed by atoms with E-state index in [0.29, 0.717) is 5.69 Å². The number of methoxy groups -OCH3 is 1. The van der Waals surface area contributed by atoms with Crippen LogP contribution in [0, 0.1) is 0 Å². The first-order valence-corrected chi connectivity index (χ1v) is 13.0. The minimum atomic E-state index is -3.49. The second-order valence-electron chi connectivity index (χ2n) is 8.64. The third kappa shape index (κ3) is 4.86. The SMILES string of the molecule is CNS(=O)(=O)c1ccc(-c2cccc(NC(=O)C3(c4ccc(OC)cc4)CCCCC3)c2)cc1.[HH].[HH]. The zero-order valence-electron chi connectivity index (χ0n) is 19.5. The molecule has 0 atom stereocenters. The minimum absolute atomic E-state index is 0. The second-order valence-corrected chi connectivity index (χ2v) is 10.5. The van der Waals surface area contributed by atoms with Crippen molar-refractivity contribution in [2.75, 3.05) is 19.5 Å². The molecule has 0 radical (unpaired) electrons. The predicted molar refractivity (Wildman–Crippen MR) is 139 cm³/mol. The van der Waals surface area contributed by atoms with Crippen LogP contribution in [0.3, 0.4) is 0 Å². The summed E-state index contributed by atoms with van der Waals surface area (Å²) in [4.78, 5) is 13.9. The molecule has 34 heavy (non-hydrogen) atoms. The first kappa shape index (κ1) is 24.0. The van der Waals surface area contributed by atoms with Gasteiger partial charge in [0.1, 0.15) is 5.75 Å². The maximum atomic E-state index is 13.7. The van der Waals surface area contributed by atoms with Crippen LogP contribution in [0.15, 0.2) is 77.7 Å². The van der Waals surface area contributed by atoms with Crippen molar-refractivity contribution in [2.24, 2.45) is 0 Å². The summed E-state index contributed by atoms with van der Waals surface area (Å²) >= 11 is 0. The molecule has 1 aliphatic rings. The molecule has 1 aliphatic carbocycles. The third-order valence-corrected chi connectivity index (χ3v) is 8.10. The Labute approximate surface area is 204 Å². The second kappa shape index (κ2) is 9.99. The summed E-state index contributed by atoms with van der Waals surface area (Å²) in [6.07, 6.45) is 4.79. The number of hydrogen-bond donors (Lipinski definition) is 2. The number of carbonyl (C=O) groups excluding carboxylic acids is 1. The van der Waals surface area contributed by atoms with Gasteiger partial charge in [-0.3, -0.25) is 4.79 Å². The molecular weight excluding hydrogens is 448 g/mol. The predicted octanol–water partition coefficient (Wildman–Crippen LogP) is 5.60. The van der Waals surface area contributed by atoms with Gasteiger partial charge in [0.25, 0.3) is 0 Å². The van der Waals surface area contributed by atoms with Crippen LogP contribution in [0.2, 0.25) is 0 Å². The molecular formula is C27H34N2O4S. The van der Waals surface area contributed by atoms with Crippen molar-refractivity contribution >= 4 is 21.6 Å². The lowest BCUT2D eigenvalue weighted by Gasteiger charge is -2.36. The highest BCUT2D eigenvalue weighted by molar-refractivity contribution is 7.89. The largest absolute Gasteiger partial charge is 0.497 e. The molecule has 7 heteroatoms. The van der Waals surface area contributed by atoms with Crippen molar-refractivity contribution in [3.05, 3.63) is 78.4 Å². The Kier molecular flexibility index (Phi) is 7.05. The number of hydrogen-bond acceptors (Lipinski definition) is 4. The van der Waals surface area contributed by atoms with E-state index in [-0.39, 0.29) is 13.7 Å². The number of anilines is 1. The van der Waals surface area contributed by atoms with Crippen molar-refractivity contribution in [1.29, 1.82) is 0 Å². The summed E-state index contributed by atoms with van der Waals surface area (Å²) in [6.45, 7) is 0. The van der Waals surface area contributed by atoms with Crippen LogP contribution in [0.1, 0.15) is 40.5 Å². The summed E-state index contributed by atoms with van der Waals surface area (Å²) < 4.78 is 31.6. The van der Waals surface area contributed by atoms with Gasteiger partial charge < -0.3 is 10.1 Å². The molecule has 0 bridgehead atoms. The lowest BCUT2D eigenvalue weighted by atomic mass is 9.68. The fourth-order valence-electron chi connectivity index (χ4n) is 4.68. The van der Waals surface area contributed by atoms with Gasteiger partial charge in [-0.2, -0.15) is 0 Å². The number of benzene rings is 3. The van der Waals surface area contributed by atoms with Crippen molar-refractivity contribution in [3.8, 4) is 16.9 Å². The number of carbonyl (C=O) groups is 1. The maximum absolute atomic E-state index is 13.7. The van der Waals surface area contributed by atoms with Crippen LogP contribution in [0.5, 0.6) is 5.75 Å². The van der Waals surface area contributed by atoms with E-state index in [9.17, 15) is 13.2 Å². The smallest absolute Gasteiger partial charge is 0.240 e. The number of nitrogens with one attached hydrogen (secondary N) is 2. The Morgan fingerprint density at radius 3 is 2.21 bits per heavy atom. The van der Waals surface area contributed by atoms with Gasteiger partial charge in [0.15, 0.2) is 0 Å². The lowest BCUT2D eigenvalue weighted by Crippen LogP contribution is -2.42. The minimum Gasteiger partial charge on any atom is -0.497 e. The summed E-state index contributed by atoms with van der Waals surface area (Å²) in [5.74, 6) is 0.779. The molecule has 3 aromatic rings. The van der Waals surface area contributed by atoms with E-state index in [1.54, 1.807) is 31.4 Å².